The van der Waals surface area contributed by atoms with Crippen molar-refractivity contribution in [3.63, 3.8) is 0 Å². The quantitative estimate of drug-likeness (QED) is 0.870. The van der Waals surface area contributed by atoms with Crippen molar-refractivity contribution in [2.75, 3.05) is 11.1 Å². The SMILES string of the molecule is Cc1ncc(N)cc1C(=O)Nc1ccc(C#N)c(C#N)c1. The van der Waals surface area contributed by atoms with E-state index in [1.165, 1.54) is 24.4 Å². The Hall–Kier alpha value is -3.38. The number of pyridine rings is 1. The molecule has 1 heterocycles. The Labute approximate surface area is 121 Å². The summed E-state index contributed by atoms with van der Waals surface area (Å²) in [5.41, 5.74) is 7.82. The molecule has 1 aromatic carbocycles. The smallest absolute Gasteiger partial charge is 0.257 e. The molecule has 3 N–H and O–H groups in total. The number of nitrogens with two attached hydrogens (primary N) is 1. The van der Waals surface area contributed by atoms with Gasteiger partial charge in [-0.1, -0.05) is 0 Å². The van der Waals surface area contributed by atoms with Crippen LogP contribution in [0.2, 0.25) is 0 Å². The average Bonchev–Trinajstić information content (AvgIpc) is 2.49. The molecule has 0 saturated heterocycles. The van der Waals surface area contributed by atoms with E-state index in [1.54, 1.807) is 13.0 Å². The van der Waals surface area contributed by atoms with Crippen molar-refractivity contribution in [1.29, 1.82) is 10.5 Å². The summed E-state index contributed by atoms with van der Waals surface area (Å²) in [6, 6.07) is 9.86. The van der Waals surface area contributed by atoms with E-state index in [4.69, 9.17) is 16.3 Å². The Kier molecular flexibility index (Phi) is 3.83. The molecule has 0 spiro atoms. The van der Waals surface area contributed by atoms with Crippen LogP contribution in [0.5, 0.6) is 0 Å². The van der Waals surface area contributed by atoms with E-state index >= 15 is 0 Å². The number of hydrogen-bond donors (Lipinski definition) is 2. The van der Waals surface area contributed by atoms with Gasteiger partial charge in [0.05, 0.1) is 34.3 Å². The number of benzene rings is 1. The van der Waals surface area contributed by atoms with Crippen LogP contribution in [0.3, 0.4) is 0 Å². The van der Waals surface area contributed by atoms with Crippen molar-refractivity contribution in [3.8, 4) is 12.1 Å². The summed E-state index contributed by atoms with van der Waals surface area (Å²) >= 11 is 0. The number of carbonyl (C=O) groups is 1. The molecular formula is C15H11N5O. The van der Waals surface area contributed by atoms with Crippen molar-refractivity contribution >= 4 is 17.3 Å². The second-order valence-electron chi connectivity index (χ2n) is 4.34. The Morgan fingerprint density at radius 3 is 2.62 bits per heavy atom. The first-order chi connectivity index (χ1) is 10.0. The van der Waals surface area contributed by atoms with Crippen LogP contribution in [0, 0.1) is 29.6 Å². The molecule has 21 heavy (non-hydrogen) atoms. The van der Waals surface area contributed by atoms with Gasteiger partial charge in [-0.15, -0.1) is 0 Å². The highest BCUT2D eigenvalue weighted by atomic mass is 16.1. The zero-order valence-electron chi connectivity index (χ0n) is 11.2. The minimum atomic E-state index is -0.374. The molecule has 0 aliphatic rings. The number of hydrogen-bond acceptors (Lipinski definition) is 5. The molecule has 0 aliphatic heterocycles. The monoisotopic (exact) mass is 277 g/mol. The van der Waals surface area contributed by atoms with E-state index in [2.05, 4.69) is 10.3 Å². The van der Waals surface area contributed by atoms with Gasteiger partial charge in [-0.2, -0.15) is 10.5 Å². The largest absolute Gasteiger partial charge is 0.397 e. The lowest BCUT2D eigenvalue weighted by molar-refractivity contribution is 0.102. The van der Waals surface area contributed by atoms with Crippen molar-refractivity contribution in [1.82, 2.24) is 4.98 Å². The number of aryl methyl sites for hydroxylation is 1. The molecular weight excluding hydrogens is 266 g/mol. The summed E-state index contributed by atoms with van der Waals surface area (Å²) in [5.74, 6) is -0.374. The first-order valence-corrected chi connectivity index (χ1v) is 6.03. The third-order valence-electron chi connectivity index (χ3n) is 2.87. The normalized spacial score (nSPS) is 9.48. The number of nitriles is 2. The lowest BCUT2D eigenvalue weighted by Gasteiger charge is -2.08. The van der Waals surface area contributed by atoms with Gasteiger partial charge in [0.2, 0.25) is 0 Å². The number of nitrogens with zero attached hydrogens (tertiary/aromatic N) is 3. The maximum absolute atomic E-state index is 12.2. The number of rotatable bonds is 2. The van der Waals surface area contributed by atoms with Crippen LogP contribution < -0.4 is 11.1 Å². The van der Waals surface area contributed by atoms with Crippen LogP contribution in [0.15, 0.2) is 30.5 Å². The predicted octanol–water partition coefficient (Wildman–Crippen LogP) is 1.97. The molecule has 2 aromatic rings. The molecule has 6 nitrogen and oxygen atoms in total. The molecule has 0 saturated carbocycles. The topological polar surface area (TPSA) is 116 Å². The Morgan fingerprint density at radius 1 is 1.24 bits per heavy atom. The average molecular weight is 277 g/mol. The summed E-state index contributed by atoms with van der Waals surface area (Å²) < 4.78 is 0. The molecule has 2 rings (SSSR count). The number of nitrogens with one attached hydrogen (secondary N) is 1. The molecule has 1 amide bonds. The minimum Gasteiger partial charge on any atom is -0.397 e. The standard InChI is InChI=1S/C15H11N5O/c1-9-14(5-12(18)8-19-9)15(21)20-13-3-2-10(6-16)11(4-13)7-17/h2-5,8H,18H2,1H3,(H,20,21). The summed E-state index contributed by atoms with van der Waals surface area (Å²) in [6.45, 7) is 1.70. The zero-order chi connectivity index (χ0) is 15.4. The number of amides is 1. The number of aromatic nitrogens is 1. The van der Waals surface area contributed by atoms with Crippen LogP contribution >= 0.6 is 0 Å². The molecule has 0 fully saturated rings. The van der Waals surface area contributed by atoms with E-state index < -0.39 is 0 Å². The fraction of sp³-hybridized carbons (Fsp3) is 0.0667. The Bertz CT molecular complexity index is 799. The first-order valence-electron chi connectivity index (χ1n) is 6.03. The van der Waals surface area contributed by atoms with E-state index in [-0.39, 0.29) is 17.0 Å². The molecule has 0 radical (unpaired) electrons. The van der Waals surface area contributed by atoms with Crippen molar-refractivity contribution in [2.24, 2.45) is 0 Å². The van der Waals surface area contributed by atoms with Gasteiger partial charge in [0.15, 0.2) is 0 Å². The third-order valence-corrected chi connectivity index (χ3v) is 2.87. The van der Waals surface area contributed by atoms with E-state index in [9.17, 15) is 4.79 Å². The lowest BCUT2D eigenvalue weighted by Crippen LogP contribution is -2.14. The van der Waals surface area contributed by atoms with E-state index in [0.717, 1.165) is 0 Å². The van der Waals surface area contributed by atoms with Crippen molar-refractivity contribution < 1.29 is 4.79 Å². The van der Waals surface area contributed by atoms with Crippen LogP contribution in [0.25, 0.3) is 0 Å². The molecule has 0 aliphatic carbocycles. The van der Waals surface area contributed by atoms with Gasteiger partial charge >= 0.3 is 0 Å². The summed E-state index contributed by atoms with van der Waals surface area (Å²) in [7, 11) is 0. The van der Waals surface area contributed by atoms with Crippen LogP contribution in [-0.4, -0.2) is 10.9 Å². The summed E-state index contributed by atoms with van der Waals surface area (Å²) in [6.07, 6.45) is 1.47. The van der Waals surface area contributed by atoms with Gasteiger partial charge in [0.1, 0.15) is 12.1 Å². The van der Waals surface area contributed by atoms with E-state index in [1.807, 2.05) is 12.1 Å². The highest BCUT2D eigenvalue weighted by molar-refractivity contribution is 6.05. The lowest BCUT2D eigenvalue weighted by atomic mass is 10.1. The van der Waals surface area contributed by atoms with Gasteiger partial charge in [-0.3, -0.25) is 9.78 Å². The van der Waals surface area contributed by atoms with E-state index in [0.29, 0.717) is 22.6 Å². The van der Waals surface area contributed by atoms with Gasteiger partial charge in [0, 0.05) is 5.69 Å². The van der Waals surface area contributed by atoms with Crippen molar-refractivity contribution in [2.45, 2.75) is 6.92 Å². The van der Waals surface area contributed by atoms with Crippen molar-refractivity contribution in [3.05, 3.63) is 52.8 Å². The predicted molar refractivity (Wildman–Crippen MR) is 77.2 cm³/mol. The molecule has 102 valence electrons. The first kappa shape index (κ1) is 14.0. The van der Waals surface area contributed by atoms with Gasteiger partial charge in [0.25, 0.3) is 5.91 Å². The summed E-state index contributed by atoms with van der Waals surface area (Å²) in [4.78, 5) is 16.2. The third kappa shape index (κ3) is 2.96. The van der Waals surface area contributed by atoms with Crippen LogP contribution in [-0.2, 0) is 0 Å². The maximum atomic E-state index is 12.2. The fourth-order valence-corrected chi connectivity index (χ4v) is 1.79. The number of nitrogen functional groups attached to an aromatic ring is 1. The minimum absolute atomic E-state index is 0.206. The Balaban J connectivity index is 2.30. The van der Waals surface area contributed by atoms with Gasteiger partial charge < -0.3 is 11.1 Å². The molecule has 1 aromatic heterocycles. The molecule has 0 atom stereocenters. The highest BCUT2D eigenvalue weighted by Crippen LogP contribution is 2.17. The molecule has 0 bridgehead atoms. The fourth-order valence-electron chi connectivity index (χ4n) is 1.79. The van der Waals surface area contributed by atoms with Gasteiger partial charge in [-0.25, -0.2) is 0 Å². The number of carbonyl (C=O) groups excluding carboxylic acids is 1. The highest BCUT2D eigenvalue weighted by Gasteiger charge is 2.12. The zero-order valence-corrected chi connectivity index (χ0v) is 11.2. The number of anilines is 2. The molecule has 0 unspecified atom stereocenters. The van der Waals surface area contributed by atoms with Crippen LogP contribution in [0.1, 0.15) is 27.2 Å². The Morgan fingerprint density at radius 2 is 1.95 bits per heavy atom. The van der Waals surface area contributed by atoms with Gasteiger partial charge in [-0.05, 0) is 31.2 Å². The maximum Gasteiger partial charge on any atom is 0.257 e. The second-order valence-corrected chi connectivity index (χ2v) is 4.34. The second kappa shape index (κ2) is 5.72. The summed E-state index contributed by atoms with van der Waals surface area (Å²) in [5, 5.41) is 20.5. The molecule has 6 heteroatoms. The van der Waals surface area contributed by atoms with Crippen LogP contribution in [0.4, 0.5) is 11.4 Å².